The number of hydrogen-bond donors (Lipinski definition) is 2. The Hall–Kier alpha value is -0.550. The fourth-order valence-corrected chi connectivity index (χ4v) is 3.21. The van der Waals surface area contributed by atoms with Crippen molar-refractivity contribution >= 4 is 11.8 Å². The van der Waals surface area contributed by atoms with Gasteiger partial charge in [0.15, 0.2) is 0 Å². The predicted molar refractivity (Wildman–Crippen MR) is 84.4 cm³/mol. The van der Waals surface area contributed by atoms with E-state index in [1.807, 2.05) is 11.8 Å². The largest absolute Gasteiger partial charge is 0.394 e. The molecule has 0 aromatic heterocycles. The van der Waals surface area contributed by atoms with Gasteiger partial charge in [0, 0.05) is 17.5 Å². The molecule has 1 aromatic carbocycles. The molecule has 1 unspecified atom stereocenters. The first-order valence-corrected chi connectivity index (χ1v) is 8.66. The molecule has 1 aromatic rings. The predicted octanol–water partition coefficient (Wildman–Crippen LogP) is 2.77. The SMILES string of the molecule is CSc1ccc2c(c1)CCCC2NCCCOCCO. The first-order valence-electron chi connectivity index (χ1n) is 7.44. The molecular formula is C16H25NO2S. The minimum atomic E-state index is 0.112. The fourth-order valence-electron chi connectivity index (χ4n) is 2.75. The molecule has 1 aliphatic rings. The van der Waals surface area contributed by atoms with Gasteiger partial charge in [0.1, 0.15) is 0 Å². The lowest BCUT2D eigenvalue weighted by atomic mass is 9.87. The normalized spacial score (nSPS) is 18.0. The smallest absolute Gasteiger partial charge is 0.0697 e. The van der Waals surface area contributed by atoms with Crippen LogP contribution in [0.5, 0.6) is 0 Å². The summed E-state index contributed by atoms with van der Waals surface area (Å²) in [6.07, 6.45) is 6.83. The van der Waals surface area contributed by atoms with Crippen LogP contribution in [0.25, 0.3) is 0 Å². The van der Waals surface area contributed by atoms with Crippen molar-refractivity contribution in [3.63, 3.8) is 0 Å². The zero-order valence-corrected chi connectivity index (χ0v) is 13.0. The molecule has 0 fully saturated rings. The van der Waals surface area contributed by atoms with Gasteiger partial charge in [0.25, 0.3) is 0 Å². The third-order valence-corrected chi connectivity index (χ3v) is 4.48. The van der Waals surface area contributed by atoms with Crippen LogP contribution in [0, 0.1) is 0 Å². The van der Waals surface area contributed by atoms with E-state index in [1.54, 1.807) is 0 Å². The van der Waals surface area contributed by atoms with Crippen LogP contribution in [0.1, 0.15) is 36.4 Å². The van der Waals surface area contributed by atoms with Crippen LogP contribution in [0.2, 0.25) is 0 Å². The van der Waals surface area contributed by atoms with Gasteiger partial charge >= 0.3 is 0 Å². The Kier molecular flexibility index (Phi) is 6.87. The molecule has 0 bridgehead atoms. The highest BCUT2D eigenvalue weighted by Crippen LogP contribution is 2.32. The van der Waals surface area contributed by atoms with Gasteiger partial charge in [-0.3, -0.25) is 0 Å². The Morgan fingerprint density at radius 1 is 1.40 bits per heavy atom. The summed E-state index contributed by atoms with van der Waals surface area (Å²) in [7, 11) is 0. The van der Waals surface area contributed by atoms with Gasteiger partial charge in [-0.15, -0.1) is 11.8 Å². The number of ether oxygens (including phenoxy) is 1. The van der Waals surface area contributed by atoms with Crippen LogP contribution in [0.15, 0.2) is 23.1 Å². The van der Waals surface area contributed by atoms with Crippen molar-refractivity contribution in [3.05, 3.63) is 29.3 Å². The van der Waals surface area contributed by atoms with Gasteiger partial charge in [-0.2, -0.15) is 0 Å². The minimum Gasteiger partial charge on any atom is -0.394 e. The second kappa shape index (κ2) is 8.67. The Morgan fingerprint density at radius 3 is 3.10 bits per heavy atom. The summed E-state index contributed by atoms with van der Waals surface area (Å²) in [4.78, 5) is 1.36. The second-order valence-corrected chi connectivity index (χ2v) is 6.03. The van der Waals surface area contributed by atoms with E-state index in [0.717, 1.165) is 19.6 Å². The van der Waals surface area contributed by atoms with Crippen molar-refractivity contribution in [3.8, 4) is 0 Å². The lowest BCUT2D eigenvalue weighted by Crippen LogP contribution is -2.26. The summed E-state index contributed by atoms with van der Waals surface area (Å²) in [5.41, 5.74) is 2.99. The van der Waals surface area contributed by atoms with Crippen LogP contribution in [-0.4, -0.2) is 37.7 Å². The zero-order valence-electron chi connectivity index (χ0n) is 12.2. The Morgan fingerprint density at radius 2 is 2.30 bits per heavy atom. The quantitative estimate of drug-likeness (QED) is 0.571. The van der Waals surface area contributed by atoms with Crippen molar-refractivity contribution in [2.24, 2.45) is 0 Å². The van der Waals surface area contributed by atoms with Crippen LogP contribution in [0.4, 0.5) is 0 Å². The van der Waals surface area contributed by atoms with Crippen molar-refractivity contribution in [2.45, 2.75) is 36.6 Å². The standard InChI is InChI=1S/C16H25NO2S/c1-20-14-6-7-15-13(12-14)4-2-5-16(15)17-8-3-10-19-11-9-18/h6-7,12,16-18H,2-5,8-11H2,1H3. The van der Waals surface area contributed by atoms with Crippen molar-refractivity contribution < 1.29 is 9.84 Å². The van der Waals surface area contributed by atoms with Crippen LogP contribution < -0.4 is 5.32 Å². The van der Waals surface area contributed by atoms with Crippen LogP contribution >= 0.6 is 11.8 Å². The number of hydrogen-bond acceptors (Lipinski definition) is 4. The molecule has 0 spiro atoms. The molecule has 20 heavy (non-hydrogen) atoms. The topological polar surface area (TPSA) is 41.5 Å². The average molecular weight is 295 g/mol. The van der Waals surface area contributed by atoms with E-state index in [-0.39, 0.29) is 6.61 Å². The average Bonchev–Trinajstić information content (AvgIpc) is 2.50. The molecule has 3 nitrogen and oxygen atoms in total. The van der Waals surface area contributed by atoms with Crippen molar-refractivity contribution in [1.82, 2.24) is 5.32 Å². The second-order valence-electron chi connectivity index (χ2n) is 5.15. The van der Waals surface area contributed by atoms with Gasteiger partial charge in [-0.1, -0.05) is 6.07 Å². The van der Waals surface area contributed by atoms with E-state index in [4.69, 9.17) is 9.84 Å². The van der Waals surface area contributed by atoms with E-state index in [2.05, 4.69) is 29.8 Å². The van der Waals surface area contributed by atoms with Crippen LogP contribution in [-0.2, 0) is 11.2 Å². The molecule has 2 rings (SSSR count). The Labute approximate surface area is 126 Å². The molecule has 2 N–H and O–H groups in total. The molecule has 0 amide bonds. The van der Waals surface area contributed by atoms with Crippen molar-refractivity contribution in [2.75, 3.05) is 32.6 Å². The van der Waals surface area contributed by atoms with E-state index in [0.29, 0.717) is 12.6 Å². The number of benzene rings is 1. The van der Waals surface area contributed by atoms with E-state index < -0.39 is 0 Å². The van der Waals surface area contributed by atoms with Gasteiger partial charge in [0.05, 0.1) is 13.2 Å². The van der Waals surface area contributed by atoms with E-state index in [9.17, 15) is 0 Å². The number of fused-ring (bicyclic) bond motifs is 1. The number of thioether (sulfide) groups is 1. The maximum atomic E-state index is 8.64. The molecule has 1 atom stereocenters. The summed E-state index contributed by atoms with van der Waals surface area (Å²) in [5.74, 6) is 0. The van der Waals surface area contributed by atoms with Gasteiger partial charge in [0.2, 0.25) is 0 Å². The molecule has 0 radical (unpaired) electrons. The number of aryl methyl sites for hydroxylation is 1. The summed E-state index contributed by atoms with van der Waals surface area (Å²) in [6.45, 7) is 2.25. The van der Waals surface area contributed by atoms with Gasteiger partial charge in [-0.25, -0.2) is 0 Å². The van der Waals surface area contributed by atoms with E-state index in [1.165, 1.54) is 35.3 Å². The Bertz CT molecular complexity index is 411. The number of nitrogens with one attached hydrogen (secondary N) is 1. The van der Waals surface area contributed by atoms with Gasteiger partial charge in [-0.05, 0) is 61.7 Å². The molecule has 1 aliphatic carbocycles. The molecule has 0 saturated carbocycles. The lowest BCUT2D eigenvalue weighted by Gasteiger charge is -2.27. The molecule has 112 valence electrons. The summed E-state index contributed by atoms with van der Waals surface area (Å²) in [6, 6.07) is 7.36. The lowest BCUT2D eigenvalue weighted by molar-refractivity contribution is 0.0903. The summed E-state index contributed by atoms with van der Waals surface area (Å²) >= 11 is 1.81. The molecule has 4 heteroatoms. The van der Waals surface area contributed by atoms with Crippen molar-refractivity contribution in [1.29, 1.82) is 0 Å². The highest BCUT2D eigenvalue weighted by atomic mass is 32.2. The maximum Gasteiger partial charge on any atom is 0.0697 e. The maximum absolute atomic E-state index is 8.64. The zero-order chi connectivity index (χ0) is 14.2. The molecule has 0 aliphatic heterocycles. The third kappa shape index (κ3) is 4.48. The fraction of sp³-hybridized carbons (Fsp3) is 0.625. The molecule has 0 heterocycles. The number of aliphatic hydroxyl groups is 1. The first-order chi connectivity index (χ1) is 9.85. The summed E-state index contributed by atoms with van der Waals surface area (Å²) < 4.78 is 5.28. The number of aliphatic hydroxyl groups excluding tert-OH is 1. The highest BCUT2D eigenvalue weighted by molar-refractivity contribution is 7.98. The molecular weight excluding hydrogens is 270 g/mol. The van der Waals surface area contributed by atoms with Gasteiger partial charge < -0.3 is 15.2 Å². The number of rotatable bonds is 8. The van der Waals surface area contributed by atoms with E-state index >= 15 is 0 Å². The highest BCUT2D eigenvalue weighted by Gasteiger charge is 2.19. The summed E-state index contributed by atoms with van der Waals surface area (Å²) in [5, 5.41) is 12.3. The molecule has 0 saturated heterocycles. The van der Waals surface area contributed by atoms with Crippen LogP contribution in [0.3, 0.4) is 0 Å². The third-order valence-electron chi connectivity index (χ3n) is 3.76. The monoisotopic (exact) mass is 295 g/mol. The minimum absolute atomic E-state index is 0.112. The Balaban J connectivity index is 1.82. The first kappa shape index (κ1) is 15.8.